The Labute approximate surface area is 195 Å². The van der Waals surface area contributed by atoms with Crippen molar-refractivity contribution in [3.05, 3.63) is 54.0 Å². The van der Waals surface area contributed by atoms with Crippen LogP contribution >= 0.6 is 0 Å². The summed E-state index contributed by atoms with van der Waals surface area (Å²) in [5, 5.41) is 4.31. The number of piperazine rings is 1. The lowest BCUT2D eigenvalue weighted by atomic mass is 9.89. The molecule has 5 rings (SSSR count). The van der Waals surface area contributed by atoms with Crippen LogP contribution in [0.5, 0.6) is 0 Å². The van der Waals surface area contributed by atoms with Gasteiger partial charge in [0.1, 0.15) is 11.5 Å². The number of pyridine rings is 2. The van der Waals surface area contributed by atoms with E-state index in [1.165, 1.54) is 10.9 Å². The van der Waals surface area contributed by atoms with E-state index in [2.05, 4.69) is 55.3 Å². The molecule has 5 heterocycles. The van der Waals surface area contributed by atoms with Crippen molar-refractivity contribution in [1.82, 2.24) is 30.1 Å². The predicted octanol–water partition coefficient (Wildman–Crippen LogP) is 3.19. The second kappa shape index (κ2) is 9.79. The van der Waals surface area contributed by atoms with Crippen molar-refractivity contribution in [3.8, 4) is 0 Å². The van der Waals surface area contributed by atoms with Gasteiger partial charge in [0.25, 0.3) is 0 Å². The number of carbonyl (C=O) groups excluding carboxylic acids is 1. The van der Waals surface area contributed by atoms with Gasteiger partial charge < -0.3 is 25.0 Å². The normalized spacial score (nSPS) is 18.1. The Kier molecular flexibility index (Phi) is 6.44. The molecule has 0 atom stereocenters. The number of hydrogen-bond acceptors (Lipinski definition) is 5. The molecule has 3 aromatic heterocycles. The maximum atomic E-state index is 12.8. The molecule has 2 amide bonds. The quantitative estimate of drug-likeness (QED) is 0.628. The van der Waals surface area contributed by atoms with E-state index in [9.17, 15) is 4.79 Å². The summed E-state index contributed by atoms with van der Waals surface area (Å²) in [5.74, 6) is 1.47. The van der Waals surface area contributed by atoms with E-state index in [0.29, 0.717) is 12.5 Å². The first-order valence-corrected chi connectivity index (χ1v) is 12.1. The van der Waals surface area contributed by atoms with Gasteiger partial charge >= 0.3 is 6.03 Å². The van der Waals surface area contributed by atoms with Crippen molar-refractivity contribution in [1.29, 1.82) is 0 Å². The molecule has 2 aliphatic heterocycles. The Morgan fingerprint density at radius 1 is 1.09 bits per heavy atom. The van der Waals surface area contributed by atoms with E-state index in [4.69, 9.17) is 0 Å². The van der Waals surface area contributed by atoms with Crippen molar-refractivity contribution in [2.24, 2.45) is 0 Å². The van der Waals surface area contributed by atoms with Crippen LogP contribution in [0.2, 0.25) is 0 Å². The average molecular weight is 448 g/mol. The summed E-state index contributed by atoms with van der Waals surface area (Å²) in [4.78, 5) is 31.8. The first kappa shape index (κ1) is 21.7. The van der Waals surface area contributed by atoms with Gasteiger partial charge in [0.2, 0.25) is 0 Å². The van der Waals surface area contributed by atoms with Gasteiger partial charge in [0, 0.05) is 69.8 Å². The maximum absolute atomic E-state index is 12.8. The zero-order valence-corrected chi connectivity index (χ0v) is 19.3. The monoisotopic (exact) mass is 447 g/mol. The summed E-state index contributed by atoms with van der Waals surface area (Å²) in [6.07, 6.45) is 7.69. The van der Waals surface area contributed by atoms with E-state index in [1.807, 2.05) is 29.4 Å². The number of amides is 2. The molecule has 8 heteroatoms. The highest BCUT2D eigenvalue weighted by atomic mass is 16.2. The lowest BCUT2D eigenvalue weighted by Crippen LogP contribution is -2.46. The van der Waals surface area contributed by atoms with Crippen molar-refractivity contribution in [2.75, 3.05) is 50.7 Å². The number of likely N-dealkylation sites (tertiary alicyclic amines) is 1. The summed E-state index contributed by atoms with van der Waals surface area (Å²) in [5.41, 5.74) is 3.35. The molecule has 2 aliphatic rings. The van der Waals surface area contributed by atoms with E-state index in [1.54, 1.807) is 0 Å². The van der Waals surface area contributed by atoms with Crippen LogP contribution < -0.4 is 10.2 Å². The van der Waals surface area contributed by atoms with E-state index in [-0.39, 0.29) is 6.03 Å². The molecule has 33 heavy (non-hydrogen) atoms. The summed E-state index contributed by atoms with van der Waals surface area (Å²) in [7, 11) is 0. The minimum Gasteiger partial charge on any atom is -0.354 e. The fraction of sp³-hybridized carbons (Fsp3) is 0.480. The van der Waals surface area contributed by atoms with E-state index < -0.39 is 0 Å². The Morgan fingerprint density at radius 2 is 1.91 bits per heavy atom. The Bertz CT molecular complexity index is 1080. The van der Waals surface area contributed by atoms with E-state index in [0.717, 1.165) is 75.7 Å². The zero-order valence-electron chi connectivity index (χ0n) is 19.3. The third-order valence-electron chi connectivity index (χ3n) is 7.10. The molecule has 0 bridgehead atoms. The number of urea groups is 1. The number of aromatic amines is 1. The number of carbonyl (C=O) groups is 1. The molecule has 0 saturated carbocycles. The number of hydrogen-bond donors (Lipinski definition) is 2. The number of fused-ring (bicyclic) bond motifs is 1. The van der Waals surface area contributed by atoms with Gasteiger partial charge in [-0.3, -0.25) is 0 Å². The molecule has 174 valence electrons. The van der Waals surface area contributed by atoms with Crippen molar-refractivity contribution in [2.45, 2.75) is 32.2 Å². The van der Waals surface area contributed by atoms with Crippen molar-refractivity contribution < 1.29 is 4.79 Å². The first-order chi connectivity index (χ1) is 16.2. The molecule has 2 N–H and O–H groups in total. The third kappa shape index (κ3) is 4.80. The standard InChI is InChI=1S/C25H33N7O/c1-2-30-12-14-31(15-13-30)23-16-19(5-9-26-23)17-29-25(33)32-10-6-20(7-11-32)22-18-28-24-21(22)4-3-8-27-24/h3-5,8-9,16,18,20H,2,6-7,10-15,17H2,1H3,(H,27,28)(H,29,33). The second-order valence-corrected chi connectivity index (χ2v) is 9.01. The minimum atomic E-state index is 0.0176. The molecule has 0 aromatic carbocycles. The van der Waals surface area contributed by atoms with Crippen molar-refractivity contribution >= 4 is 22.9 Å². The highest BCUT2D eigenvalue weighted by molar-refractivity contribution is 5.80. The molecule has 2 saturated heterocycles. The molecule has 2 fully saturated rings. The molecular weight excluding hydrogens is 414 g/mol. The summed E-state index contributed by atoms with van der Waals surface area (Å²) in [6.45, 7) is 9.52. The molecule has 0 radical (unpaired) electrons. The van der Waals surface area contributed by atoms with Gasteiger partial charge in [-0.25, -0.2) is 14.8 Å². The summed E-state index contributed by atoms with van der Waals surface area (Å²) >= 11 is 0. The molecule has 0 unspecified atom stereocenters. The van der Waals surface area contributed by atoms with Crippen LogP contribution in [0.25, 0.3) is 11.0 Å². The van der Waals surface area contributed by atoms with Crippen LogP contribution in [0, 0.1) is 0 Å². The fourth-order valence-corrected chi connectivity index (χ4v) is 5.03. The van der Waals surface area contributed by atoms with Crippen LogP contribution in [0.1, 0.15) is 36.8 Å². The molecule has 8 nitrogen and oxygen atoms in total. The second-order valence-electron chi connectivity index (χ2n) is 9.01. The molecular formula is C25H33N7O. The molecule has 3 aromatic rings. The van der Waals surface area contributed by atoms with Gasteiger partial charge in [0.05, 0.1) is 0 Å². The Hall–Kier alpha value is -3.13. The number of likely N-dealkylation sites (N-methyl/N-ethyl adjacent to an activating group) is 1. The minimum absolute atomic E-state index is 0.0176. The van der Waals surface area contributed by atoms with E-state index >= 15 is 0 Å². The SMILES string of the molecule is CCN1CCN(c2cc(CNC(=O)N3CCC(c4c[nH]c5ncccc45)CC3)ccn2)CC1. The number of nitrogens with one attached hydrogen (secondary N) is 2. The number of H-pyrrole nitrogens is 1. The zero-order chi connectivity index (χ0) is 22.6. The summed E-state index contributed by atoms with van der Waals surface area (Å²) in [6, 6.07) is 8.23. The third-order valence-corrected chi connectivity index (χ3v) is 7.10. The van der Waals surface area contributed by atoms with Gasteiger partial charge in [-0.2, -0.15) is 0 Å². The van der Waals surface area contributed by atoms with Gasteiger partial charge in [-0.1, -0.05) is 6.92 Å². The van der Waals surface area contributed by atoms with Crippen LogP contribution in [0.4, 0.5) is 10.6 Å². The highest BCUT2D eigenvalue weighted by Gasteiger charge is 2.25. The number of piperidine rings is 1. The van der Waals surface area contributed by atoms with Crippen LogP contribution in [-0.4, -0.2) is 76.6 Å². The average Bonchev–Trinajstić information content (AvgIpc) is 3.32. The number of aromatic nitrogens is 3. The lowest BCUT2D eigenvalue weighted by Gasteiger charge is -2.35. The van der Waals surface area contributed by atoms with Gasteiger partial charge in [0.15, 0.2) is 0 Å². The predicted molar refractivity (Wildman–Crippen MR) is 130 cm³/mol. The van der Waals surface area contributed by atoms with Crippen LogP contribution in [-0.2, 0) is 6.54 Å². The lowest BCUT2D eigenvalue weighted by molar-refractivity contribution is 0.181. The smallest absolute Gasteiger partial charge is 0.317 e. The van der Waals surface area contributed by atoms with Crippen LogP contribution in [0.15, 0.2) is 42.9 Å². The summed E-state index contributed by atoms with van der Waals surface area (Å²) < 4.78 is 0. The topological polar surface area (TPSA) is 80.4 Å². The van der Waals surface area contributed by atoms with Crippen molar-refractivity contribution in [3.63, 3.8) is 0 Å². The van der Waals surface area contributed by atoms with Crippen LogP contribution in [0.3, 0.4) is 0 Å². The Morgan fingerprint density at radius 3 is 2.70 bits per heavy atom. The number of rotatable bonds is 5. The molecule has 0 aliphatic carbocycles. The van der Waals surface area contributed by atoms with Gasteiger partial charge in [-0.05, 0) is 60.7 Å². The molecule has 0 spiro atoms. The Balaban J connectivity index is 1.12. The maximum Gasteiger partial charge on any atom is 0.317 e. The number of anilines is 1. The number of nitrogens with zero attached hydrogens (tertiary/aromatic N) is 5. The van der Waals surface area contributed by atoms with Gasteiger partial charge in [-0.15, -0.1) is 0 Å². The largest absolute Gasteiger partial charge is 0.354 e. The highest BCUT2D eigenvalue weighted by Crippen LogP contribution is 2.32. The fourth-order valence-electron chi connectivity index (χ4n) is 5.03. The first-order valence-electron chi connectivity index (χ1n) is 12.1.